The van der Waals surface area contributed by atoms with Crippen LogP contribution in [0.1, 0.15) is 11.1 Å². The molecule has 2 amide bonds. The Hall–Kier alpha value is -3.20. The lowest BCUT2D eigenvalue weighted by Crippen LogP contribution is -2.34. The van der Waals surface area contributed by atoms with E-state index in [4.69, 9.17) is 11.6 Å². The summed E-state index contributed by atoms with van der Waals surface area (Å²) in [6, 6.07) is 21.3. The van der Waals surface area contributed by atoms with Crippen molar-refractivity contribution in [3.05, 3.63) is 88.9 Å². The third-order valence-electron chi connectivity index (χ3n) is 4.57. The Labute approximate surface area is 191 Å². The highest BCUT2D eigenvalue weighted by atomic mass is 35.5. The van der Waals surface area contributed by atoms with Crippen LogP contribution in [0.3, 0.4) is 0 Å². The summed E-state index contributed by atoms with van der Waals surface area (Å²) in [5.74, 6) is -1.52. The molecule has 32 heavy (non-hydrogen) atoms. The molecule has 0 saturated heterocycles. The van der Waals surface area contributed by atoms with Crippen LogP contribution >= 0.6 is 11.6 Å². The third kappa shape index (κ3) is 6.91. The lowest BCUT2D eigenvalue weighted by Gasteiger charge is -2.11. The van der Waals surface area contributed by atoms with Crippen molar-refractivity contribution in [3.63, 3.8) is 0 Å². The molecule has 7 nitrogen and oxygen atoms in total. The molecule has 3 aromatic rings. The molecule has 0 aliphatic carbocycles. The zero-order valence-corrected chi connectivity index (χ0v) is 18.8. The van der Waals surface area contributed by atoms with Crippen molar-refractivity contribution in [2.24, 2.45) is 0 Å². The fraction of sp³-hybridized carbons (Fsp3) is 0.130. The van der Waals surface area contributed by atoms with Crippen molar-refractivity contribution in [2.45, 2.75) is 13.1 Å². The molecule has 3 N–H and O–H groups in total. The van der Waals surface area contributed by atoms with E-state index in [9.17, 15) is 18.0 Å². The molecule has 0 fully saturated rings. The van der Waals surface area contributed by atoms with Crippen LogP contribution in [0.4, 0.5) is 5.69 Å². The van der Waals surface area contributed by atoms with Gasteiger partial charge in [0.05, 0.1) is 6.26 Å². The van der Waals surface area contributed by atoms with Crippen LogP contribution < -0.4 is 15.4 Å². The van der Waals surface area contributed by atoms with Gasteiger partial charge in [0.15, 0.2) is 0 Å². The summed E-state index contributed by atoms with van der Waals surface area (Å²) in [5, 5.41) is 5.71. The minimum absolute atomic E-state index is 0.168. The molecule has 0 spiro atoms. The van der Waals surface area contributed by atoms with Crippen molar-refractivity contribution in [2.75, 3.05) is 11.6 Å². The highest BCUT2D eigenvalue weighted by Gasteiger charge is 2.14. The Balaban J connectivity index is 1.61. The van der Waals surface area contributed by atoms with E-state index in [2.05, 4.69) is 15.4 Å². The number of benzene rings is 3. The molecule has 0 heterocycles. The van der Waals surface area contributed by atoms with Gasteiger partial charge >= 0.3 is 11.8 Å². The second kappa shape index (κ2) is 10.4. The first-order chi connectivity index (χ1) is 15.2. The van der Waals surface area contributed by atoms with Gasteiger partial charge in [-0.05, 0) is 46.5 Å². The molecule has 0 aromatic heterocycles. The van der Waals surface area contributed by atoms with Gasteiger partial charge in [0, 0.05) is 23.8 Å². The molecule has 0 aliphatic heterocycles. The number of anilines is 1. The summed E-state index contributed by atoms with van der Waals surface area (Å²) in [6.07, 6.45) is 1.11. The zero-order valence-electron chi connectivity index (χ0n) is 17.3. The van der Waals surface area contributed by atoms with Crippen molar-refractivity contribution in [1.82, 2.24) is 10.0 Å². The summed E-state index contributed by atoms with van der Waals surface area (Å²) < 4.78 is 25.3. The summed E-state index contributed by atoms with van der Waals surface area (Å²) in [5.41, 5.74) is 3.82. The van der Waals surface area contributed by atoms with Gasteiger partial charge in [-0.1, -0.05) is 60.1 Å². The second-order valence-electron chi connectivity index (χ2n) is 7.09. The second-order valence-corrected chi connectivity index (χ2v) is 9.36. The van der Waals surface area contributed by atoms with E-state index in [0.29, 0.717) is 10.7 Å². The molecule has 0 atom stereocenters. The van der Waals surface area contributed by atoms with Crippen LogP contribution in [-0.2, 0) is 32.7 Å². The van der Waals surface area contributed by atoms with Gasteiger partial charge in [0.25, 0.3) is 0 Å². The summed E-state index contributed by atoms with van der Waals surface area (Å²) >= 11 is 5.83. The lowest BCUT2D eigenvalue weighted by molar-refractivity contribution is -0.136. The van der Waals surface area contributed by atoms with Gasteiger partial charge in [-0.2, -0.15) is 0 Å². The molecule has 0 unspecified atom stereocenters. The highest BCUT2D eigenvalue weighted by Crippen LogP contribution is 2.25. The van der Waals surface area contributed by atoms with E-state index in [1.807, 2.05) is 24.3 Å². The number of carbonyl (C=O) groups is 2. The average Bonchev–Trinajstić information content (AvgIpc) is 2.77. The lowest BCUT2D eigenvalue weighted by atomic mass is 9.99. The standard InChI is InChI=1S/C23H22ClN3O4S/c1-32(30,31)26-15-18-4-2-3-5-21(18)17-8-12-20(13-9-17)27-23(29)22(28)25-14-16-6-10-19(24)11-7-16/h2-13,26H,14-15H2,1H3,(H,25,28)(H,27,29). The van der Waals surface area contributed by atoms with E-state index < -0.39 is 21.8 Å². The largest absolute Gasteiger partial charge is 0.344 e. The molecule has 3 aromatic carbocycles. The maximum Gasteiger partial charge on any atom is 0.313 e. The predicted molar refractivity (Wildman–Crippen MR) is 125 cm³/mol. The van der Waals surface area contributed by atoms with Crippen molar-refractivity contribution < 1.29 is 18.0 Å². The smallest absolute Gasteiger partial charge is 0.313 e. The number of carbonyl (C=O) groups excluding carboxylic acids is 2. The van der Waals surface area contributed by atoms with Crippen molar-refractivity contribution in [3.8, 4) is 11.1 Å². The number of nitrogens with one attached hydrogen (secondary N) is 3. The molecular weight excluding hydrogens is 450 g/mol. The number of halogens is 1. The average molecular weight is 472 g/mol. The molecule has 166 valence electrons. The number of sulfonamides is 1. The summed E-state index contributed by atoms with van der Waals surface area (Å²) in [4.78, 5) is 24.2. The van der Waals surface area contributed by atoms with Gasteiger partial charge < -0.3 is 10.6 Å². The molecular formula is C23H22ClN3O4S. The fourth-order valence-corrected chi connectivity index (χ4v) is 3.49. The van der Waals surface area contributed by atoms with E-state index in [-0.39, 0.29) is 13.1 Å². The van der Waals surface area contributed by atoms with Crippen molar-refractivity contribution in [1.29, 1.82) is 0 Å². The minimum Gasteiger partial charge on any atom is -0.344 e. The van der Waals surface area contributed by atoms with Gasteiger partial charge in [0.1, 0.15) is 0 Å². The minimum atomic E-state index is -3.32. The third-order valence-corrected chi connectivity index (χ3v) is 5.49. The van der Waals surface area contributed by atoms with Crippen LogP contribution in [0, 0.1) is 0 Å². The number of rotatable bonds is 7. The summed E-state index contributed by atoms with van der Waals surface area (Å²) in [7, 11) is -3.32. The Bertz CT molecular complexity index is 1210. The van der Waals surface area contributed by atoms with E-state index in [1.54, 1.807) is 48.5 Å². The number of hydrogen-bond donors (Lipinski definition) is 3. The normalized spacial score (nSPS) is 11.1. The molecule has 3 rings (SSSR count). The monoisotopic (exact) mass is 471 g/mol. The topological polar surface area (TPSA) is 104 Å². The maximum absolute atomic E-state index is 12.2. The van der Waals surface area contributed by atoms with Crippen LogP contribution in [0.2, 0.25) is 5.02 Å². The van der Waals surface area contributed by atoms with E-state index in [0.717, 1.165) is 28.5 Å². The van der Waals surface area contributed by atoms with Crippen LogP contribution in [0.25, 0.3) is 11.1 Å². The van der Waals surface area contributed by atoms with Gasteiger partial charge in [-0.15, -0.1) is 0 Å². The molecule has 0 bridgehead atoms. The Morgan fingerprint density at radius 3 is 2.16 bits per heavy atom. The number of amides is 2. The van der Waals surface area contributed by atoms with Crippen LogP contribution in [0.15, 0.2) is 72.8 Å². The Morgan fingerprint density at radius 2 is 1.50 bits per heavy atom. The number of hydrogen-bond acceptors (Lipinski definition) is 4. The van der Waals surface area contributed by atoms with Crippen molar-refractivity contribution >= 4 is 39.1 Å². The molecule has 0 aliphatic rings. The van der Waals surface area contributed by atoms with Gasteiger partial charge in [0.2, 0.25) is 10.0 Å². The SMILES string of the molecule is CS(=O)(=O)NCc1ccccc1-c1ccc(NC(=O)C(=O)NCc2ccc(Cl)cc2)cc1. The quantitative estimate of drug-likeness (QED) is 0.460. The Morgan fingerprint density at radius 1 is 0.844 bits per heavy atom. The van der Waals surface area contributed by atoms with E-state index in [1.165, 1.54) is 0 Å². The van der Waals surface area contributed by atoms with Gasteiger partial charge in [-0.25, -0.2) is 13.1 Å². The molecule has 0 radical (unpaired) electrons. The maximum atomic E-state index is 12.2. The Kier molecular flexibility index (Phi) is 7.63. The van der Waals surface area contributed by atoms with Crippen LogP contribution in [0.5, 0.6) is 0 Å². The zero-order chi connectivity index (χ0) is 23.1. The first-order valence-corrected chi connectivity index (χ1v) is 11.9. The molecule has 9 heteroatoms. The van der Waals surface area contributed by atoms with Gasteiger partial charge in [-0.3, -0.25) is 9.59 Å². The predicted octanol–water partition coefficient (Wildman–Crippen LogP) is 3.31. The van der Waals surface area contributed by atoms with Crippen LogP contribution in [-0.4, -0.2) is 26.5 Å². The first kappa shape index (κ1) is 23.5. The fourth-order valence-electron chi connectivity index (χ4n) is 2.95. The highest BCUT2D eigenvalue weighted by molar-refractivity contribution is 7.88. The molecule has 0 saturated carbocycles. The first-order valence-electron chi connectivity index (χ1n) is 9.68. The summed E-state index contributed by atoms with van der Waals surface area (Å²) in [6.45, 7) is 0.377. The van der Waals surface area contributed by atoms with E-state index >= 15 is 0 Å².